The summed E-state index contributed by atoms with van der Waals surface area (Å²) in [5, 5.41) is 6.89. The number of H-pyrrole nitrogens is 1. The SMILES string of the molecule is O=C(c1ccc(-c2ccn[nH]2)cc1)N1Cc2cnc(-c3ccccc3)nc2C1. The summed E-state index contributed by atoms with van der Waals surface area (Å²) in [6.45, 7) is 1.03. The first-order valence-corrected chi connectivity index (χ1v) is 9.07. The van der Waals surface area contributed by atoms with Crippen molar-refractivity contribution in [2.45, 2.75) is 13.1 Å². The summed E-state index contributed by atoms with van der Waals surface area (Å²) in [6, 6.07) is 19.3. The average Bonchev–Trinajstić information content (AvgIpc) is 3.43. The van der Waals surface area contributed by atoms with Crippen molar-refractivity contribution >= 4 is 5.91 Å². The Morgan fingerprint density at radius 3 is 2.50 bits per heavy atom. The largest absolute Gasteiger partial charge is 0.328 e. The molecular formula is C22H17N5O. The molecular weight excluding hydrogens is 350 g/mol. The van der Waals surface area contributed by atoms with Gasteiger partial charge in [-0.3, -0.25) is 9.89 Å². The molecule has 1 aliphatic rings. The van der Waals surface area contributed by atoms with Crippen LogP contribution in [0.25, 0.3) is 22.6 Å². The Bertz CT molecular complexity index is 1120. The Kier molecular flexibility index (Phi) is 3.94. The number of fused-ring (bicyclic) bond motifs is 1. The first-order chi connectivity index (χ1) is 13.8. The minimum atomic E-state index is -0.00424. The second-order valence-electron chi connectivity index (χ2n) is 6.74. The maximum atomic E-state index is 12.9. The number of carbonyl (C=O) groups excluding carboxylic acids is 1. The number of carbonyl (C=O) groups is 1. The molecule has 0 aliphatic carbocycles. The van der Waals surface area contributed by atoms with Crippen LogP contribution in [-0.2, 0) is 13.1 Å². The highest BCUT2D eigenvalue weighted by Gasteiger charge is 2.26. The van der Waals surface area contributed by atoms with Crippen molar-refractivity contribution in [2.75, 3.05) is 0 Å². The van der Waals surface area contributed by atoms with Crippen LogP contribution in [-0.4, -0.2) is 31.0 Å². The van der Waals surface area contributed by atoms with Gasteiger partial charge in [-0.15, -0.1) is 0 Å². The number of benzene rings is 2. The first kappa shape index (κ1) is 16.4. The molecule has 3 heterocycles. The minimum Gasteiger partial charge on any atom is -0.328 e. The van der Waals surface area contributed by atoms with Crippen LogP contribution >= 0.6 is 0 Å². The van der Waals surface area contributed by atoms with E-state index in [-0.39, 0.29) is 5.91 Å². The van der Waals surface area contributed by atoms with Crippen molar-refractivity contribution in [3.8, 4) is 22.6 Å². The number of aromatic amines is 1. The fourth-order valence-corrected chi connectivity index (χ4v) is 3.41. The molecule has 1 N–H and O–H groups in total. The lowest BCUT2D eigenvalue weighted by Gasteiger charge is -2.15. The predicted octanol–water partition coefficient (Wildman–Crippen LogP) is 3.69. The number of hydrogen-bond acceptors (Lipinski definition) is 4. The van der Waals surface area contributed by atoms with E-state index in [1.807, 2.05) is 66.9 Å². The molecule has 5 rings (SSSR count). The Labute approximate surface area is 161 Å². The molecule has 0 bridgehead atoms. The maximum Gasteiger partial charge on any atom is 0.254 e. The van der Waals surface area contributed by atoms with Crippen LogP contribution in [0, 0.1) is 0 Å². The third-order valence-electron chi connectivity index (χ3n) is 4.92. The number of aromatic nitrogens is 4. The number of rotatable bonds is 3. The van der Waals surface area contributed by atoms with E-state index in [9.17, 15) is 4.79 Å². The van der Waals surface area contributed by atoms with E-state index in [4.69, 9.17) is 0 Å². The second kappa shape index (κ2) is 6.74. The lowest BCUT2D eigenvalue weighted by Crippen LogP contribution is -2.25. The Morgan fingerprint density at radius 1 is 0.929 bits per heavy atom. The molecule has 28 heavy (non-hydrogen) atoms. The van der Waals surface area contributed by atoms with Crippen molar-refractivity contribution < 1.29 is 4.79 Å². The monoisotopic (exact) mass is 367 g/mol. The summed E-state index contributed by atoms with van der Waals surface area (Å²) in [5.41, 5.74) is 5.48. The van der Waals surface area contributed by atoms with Gasteiger partial charge < -0.3 is 4.90 Å². The molecule has 0 saturated heterocycles. The second-order valence-corrected chi connectivity index (χ2v) is 6.74. The molecule has 6 nitrogen and oxygen atoms in total. The molecule has 136 valence electrons. The molecule has 0 radical (unpaired) electrons. The van der Waals surface area contributed by atoms with Gasteiger partial charge in [-0.1, -0.05) is 42.5 Å². The molecule has 0 unspecified atom stereocenters. The van der Waals surface area contributed by atoms with Crippen LogP contribution in [0.15, 0.2) is 73.1 Å². The zero-order valence-corrected chi connectivity index (χ0v) is 15.0. The summed E-state index contributed by atoms with van der Waals surface area (Å²) in [4.78, 5) is 23.9. The predicted molar refractivity (Wildman–Crippen MR) is 105 cm³/mol. The van der Waals surface area contributed by atoms with Crippen molar-refractivity contribution in [2.24, 2.45) is 0 Å². The Balaban J connectivity index is 1.35. The Hall–Kier alpha value is -3.80. The molecule has 1 aliphatic heterocycles. The summed E-state index contributed by atoms with van der Waals surface area (Å²) < 4.78 is 0. The fraction of sp³-hybridized carbons (Fsp3) is 0.0909. The number of amides is 1. The van der Waals surface area contributed by atoms with Crippen LogP contribution in [0.2, 0.25) is 0 Å². The van der Waals surface area contributed by atoms with Gasteiger partial charge in [0.2, 0.25) is 0 Å². The maximum absolute atomic E-state index is 12.9. The Morgan fingerprint density at radius 2 is 1.75 bits per heavy atom. The van der Waals surface area contributed by atoms with Crippen LogP contribution < -0.4 is 0 Å². The van der Waals surface area contributed by atoms with Crippen molar-refractivity contribution in [3.05, 3.63) is 89.9 Å². The van der Waals surface area contributed by atoms with E-state index in [2.05, 4.69) is 20.2 Å². The van der Waals surface area contributed by atoms with Gasteiger partial charge in [0.1, 0.15) is 0 Å². The lowest BCUT2D eigenvalue weighted by molar-refractivity contribution is 0.0750. The quantitative estimate of drug-likeness (QED) is 0.599. The van der Waals surface area contributed by atoms with Gasteiger partial charge in [-0.25, -0.2) is 9.97 Å². The molecule has 0 spiro atoms. The van der Waals surface area contributed by atoms with Gasteiger partial charge in [0.25, 0.3) is 5.91 Å². The summed E-state index contributed by atoms with van der Waals surface area (Å²) in [7, 11) is 0. The molecule has 0 saturated carbocycles. The van der Waals surface area contributed by atoms with E-state index in [1.54, 1.807) is 11.1 Å². The van der Waals surface area contributed by atoms with Gasteiger partial charge in [-0.05, 0) is 23.8 Å². The number of nitrogens with zero attached hydrogens (tertiary/aromatic N) is 4. The van der Waals surface area contributed by atoms with Gasteiger partial charge in [-0.2, -0.15) is 5.10 Å². The molecule has 1 amide bonds. The normalized spacial score (nSPS) is 12.8. The number of hydrogen-bond donors (Lipinski definition) is 1. The topological polar surface area (TPSA) is 74.8 Å². The third-order valence-corrected chi connectivity index (χ3v) is 4.92. The molecule has 2 aromatic carbocycles. The van der Waals surface area contributed by atoms with E-state index in [0.717, 1.165) is 28.1 Å². The summed E-state index contributed by atoms with van der Waals surface area (Å²) >= 11 is 0. The van der Waals surface area contributed by atoms with Crippen LogP contribution in [0.3, 0.4) is 0 Å². The molecule has 6 heteroatoms. The smallest absolute Gasteiger partial charge is 0.254 e. The van der Waals surface area contributed by atoms with E-state index < -0.39 is 0 Å². The summed E-state index contributed by atoms with van der Waals surface area (Å²) in [6.07, 6.45) is 3.54. The van der Waals surface area contributed by atoms with E-state index >= 15 is 0 Å². The highest BCUT2D eigenvalue weighted by molar-refractivity contribution is 5.95. The van der Waals surface area contributed by atoms with Crippen molar-refractivity contribution in [1.82, 2.24) is 25.1 Å². The zero-order chi connectivity index (χ0) is 18.9. The zero-order valence-electron chi connectivity index (χ0n) is 15.0. The third kappa shape index (κ3) is 2.95. The van der Waals surface area contributed by atoms with E-state index in [0.29, 0.717) is 24.5 Å². The minimum absolute atomic E-state index is 0.00424. The highest BCUT2D eigenvalue weighted by atomic mass is 16.2. The van der Waals surface area contributed by atoms with Crippen LogP contribution in [0.1, 0.15) is 21.6 Å². The van der Waals surface area contributed by atoms with Crippen molar-refractivity contribution in [1.29, 1.82) is 0 Å². The molecule has 2 aromatic heterocycles. The first-order valence-electron chi connectivity index (χ1n) is 9.07. The summed E-state index contributed by atoms with van der Waals surface area (Å²) in [5.74, 6) is 0.688. The highest BCUT2D eigenvalue weighted by Crippen LogP contribution is 2.25. The molecule has 0 fully saturated rings. The van der Waals surface area contributed by atoms with Gasteiger partial charge in [0.15, 0.2) is 5.82 Å². The van der Waals surface area contributed by atoms with Gasteiger partial charge in [0.05, 0.1) is 17.9 Å². The van der Waals surface area contributed by atoms with Crippen LogP contribution in [0.4, 0.5) is 0 Å². The average molecular weight is 367 g/mol. The fourth-order valence-electron chi connectivity index (χ4n) is 3.41. The van der Waals surface area contributed by atoms with Gasteiger partial charge >= 0.3 is 0 Å². The molecule has 0 atom stereocenters. The van der Waals surface area contributed by atoms with Crippen LogP contribution in [0.5, 0.6) is 0 Å². The standard InChI is InChI=1S/C22H17N5O/c28-22(17-8-6-15(7-9-17)19-10-11-24-26-19)27-13-18-12-23-21(25-20(18)14-27)16-4-2-1-3-5-16/h1-12H,13-14H2,(H,24,26). The lowest BCUT2D eigenvalue weighted by atomic mass is 10.1. The van der Waals surface area contributed by atoms with E-state index in [1.165, 1.54) is 0 Å². The van der Waals surface area contributed by atoms with Gasteiger partial charge in [0, 0.05) is 35.6 Å². The molecule has 4 aromatic rings. The van der Waals surface area contributed by atoms with Crippen molar-refractivity contribution in [3.63, 3.8) is 0 Å². The number of nitrogens with one attached hydrogen (secondary N) is 1.